The average Bonchev–Trinajstić information content (AvgIpc) is 2.99. The summed E-state index contributed by atoms with van der Waals surface area (Å²) in [6.45, 7) is 0. The number of nitriles is 1. The lowest BCUT2D eigenvalue weighted by atomic mass is 10.2. The molecular weight excluding hydrogens is 379 g/mol. The second-order valence-corrected chi connectivity index (χ2v) is 8.65. The lowest BCUT2D eigenvalue weighted by molar-refractivity contribution is -0.137. The van der Waals surface area contributed by atoms with Crippen LogP contribution in [0.3, 0.4) is 0 Å². The third-order valence-electron chi connectivity index (χ3n) is 2.97. The fourth-order valence-electron chi connectivity index (χ4n) is 1.77. The zero-order valence-electron chi connectivity index (χ0n) is 12.2. The van der Waals surface area contributed by atoms with Crippen LogP contribution in [0, 0.1) is 11.3 Å². The van der Waals surface area contributed by atoms with Crippen LogP contribution in [0.2, 0.25) is 0 Å². The molecule has 1 aromatic heterocycles. The quantitative estimate of drug-likeness (QED) is 0.555. The fraction of sp³-hybridized carbons (Fsp3) is 0.133. The van der Waals surface area contributed by atoms with Crippen molar-refractivity contribution >= 4 is 39.0 Å². The summed E-state index contributed by atoms with van der Waals surface area (Å²) in [5, 5.41) is 9.15. The minimum absolute atomic E-state index is 0.357. The van der Waals surface area contributed by atoms with E-state index < -0.39 is 26.5 Å². The van der Waals surface area contributed by atoms with Gasteiger partial charge >= 0.3 is 6.18 Å². The van der Waals surface area contributed by atoms with Crippen molar-refractivity contribution in [2.24, 2.45) is 0 Å². The Kier molecular flexibility index (Phi) is 5.42. The van der Waals surface area contributed by atoms with E-state index in [1.165, 1.54) is 29.2 Å². The summed E-state index contributed by atoms with van der Waals surface area (Å²) in [4.78, 5) is -0.298. The number of benzene rings is 1. The molecule has 0 spiro atoms. The third kappa shape index (κ3) is 4.01. The molecule has 2 aromatic rings. The van der Waals surface area contributed by atoms with Gasteiger partial charge in [0.2, 0.25) is 9.84 Å². The number of allylic oxidation sites excluding steroid dienone is 1. The van der Waals surface area contributed by atoms with E-state index in [-0.39, 0.29) is 4.90 Å². The van der Waals surface area contributed by atoms with Crippen molar-refractivity contribution in [1.29, 1.82) is 5.26 Å². The summed E-state index contributed by atoms with van der Waals surface area (Å²) in [5.74, 6) is 0. The molecule has 0 atom stereocenters. The van der Waals surface area contributed by atoms with E-state index in [4.69, 9.17) is 5.26 Å². The standard InChI is InChI=1S/C15H10F3NO2S3/c1-22-14-7-4-11(23-14)8-13(9-19)24(20,21)12-5-2-10(3-6-12)15(16,17)18/h2-8H,1H3. The first-order chi connectivity index (χ1) is 11.2. The smallest absolute Gasteiger partial charge is 0.218 e. The zero-order valence-corrected chi connectivity index (χ0v) is 14.6. The molecule has 0 radical (unpaired) electrons. The molecule has 0 unspecified atom stereocenters. The topological polar surface area (TPSA) is 57.9 Å². The summed E-state index contributed by atoms with van der Waals surface area (Å²) in [6.07, 6.45) is -1.47. The highest BCUT2D eigenvalue weighted by molar-refractivity contribution is 8.00. The number of nitrogens with zero attached hydrogens (tertiary/aromatic N) is 1. The molecule has 0 saturated heterocycles. The zero-order chi connectivity index (χ0) is 18.0. The second-order valence-electron chi connectivity index (χ2n) is 4.51. The molecule has 0 aliphatic carbocycles. The lowest BCUT2D eigenvalue weighted by Gasteiger charge is -2.07. The van der Waals surface area contributed by atoms with Crippen molar-refractivity contribution in [3.05, 3.63) is 51.7 Å². The molecule has 126 valence electrons. The van der Waals surface area contributed by atoms with Crippen LogP contribution in [0.15, 0.2) is 50.4 Å². The maximum absolute atomic E-state index is 12.6. The lowest BCUT2D eigenvalue weighted by Crippen LogP contribution is -2.07. The van der Waals surface area contributed by atoms with Gasteiger partial charge in [0.25, 0.3) is 0 Å². The van der Waals surface area contributed by atoms with E-state index in [1.807, 2.05) is 6.26 Å². The van der Waals surface area contributed by atoms with E-state index in [1.54, 1.807) is 18.2 Å². The molecule has 9 heteroatoms. The van der Waals surface area contributed by atoms with Crippen LogP contribution >= 0.6 is 23.1 Å². The van der Waals surface area contributed by atoms with Crippen LogP contribution in [0.1, 0.15) is 10.4 Å². The Morgan fingerprint density at radius 3 is 2.29 bits per heavy atom. The summed E-state index contributed by atoms with van der Waals surface area (Å²) in [7, 11) is -4.18. The monoisotopic (exact) mass is 389 g/mol. The van der Waals surface area contributed by atoms with Crippen molar-refractivity contribution in [1.82, 2.24) is 0 Å². The van der Waals surface area contributed by atoms with Crippen LogP contribution in [-0.4, -0.2) is 14.7 Å². The van der Waals surface area contributed by atoms with Crippen LogP contribution in [0.25, 0.3) is 6.08 Å². The number of halogens is 3. The first kappa shape index (κ1) is 18.6. The predicted molar refractivity (Wildman–Crippen MR) is 88.3 cm³/mol. The van der Waals surface area contributed by atoms with Crippen molar-refractivity contribution in [2.75, 3.05) is 6.26 Å². The Hall–Kier alpha value is -1.76. The number of thioether (sulfide) groups is 1. The van der Waals surface area contributed by atoms with E-state index in [0.29, 0.717) is 17.0 Å². The van der Waals surface area contributed by atoms with Gasteiger partial charge in [-0.15, -0.1) is 23.1 Å². The van der Waals surface area contributed by atoms with Crippen molar-refractivity contribution < 1.29 is 21.6 Å². The molecule has 0 aliphatic rings. The number of hydrogen-bond donors (Lipinski definition) is 0. The maximum Gasteiger partial charge on any atom is 0.416 e. The fourth-order valence-corrected chi connectivity index (χ4v) is 4.50. The van der Waals surface area contributed by atoms with Gasteiger partial charge in [-0.2, -0.15) is 18.4 Å². The molecule has 0 aliphatic heterocycles. The highest BCUT2D eigenvalue weighted by Crippen LogP contribution is 2.32. The number of thiophene rings is 1. The Morgan fingerprint density at radius 1 is 1.21 bits per heavy atom. The van der Waals surface area contributed by atoms with Crippen LogP contribution in [0.5, 0.6) is 0 Å². The minimum Gasteiger partial charge on any atom is -0.218 e. The number of sulfone groups is 1. The van der Waals surface area contributed by atoms with Gasteiger partial charge < -0.3 is 0 Å². The number of hydrogen-bond acceptors (Lipinski definition) is 5. The molecule has 1 aromatic carbocycles. The van der Waals surface area contributed by atoms with E-state index in [9.17, 15) is 21.6 Å². The normalized spacial score (nSPS) is 12.9. The minimum atomic E-state index is -4.55. The van der Waals surface area contributed by atoms with Crippen LogP contribution < -0.4 is 0 Å². The molecule has 0 amide bonds. The SMILES string of the molecule is CSc1ccc(C=C(C#N)S(=O)(=O)c2ccc(C(F)(F)F)cc2)s1. The van der Waals surface area contributed by atoms with Gasteiger partial charge in [0, 0.05) is 4.88 Å². The van der Waals surface area contributed by atoms with Gasteiger partial charge in [-0.3, -0.25) is 0 Å². The molecule has 0 bridgehead atoms. The first-order valence-corrected chi connectivity index (χ1v) is 9.89. The molecular formula is C15H10F3NO2S3. The Balaban J connectivity index is 2.42. The predicted octanol–water partition coefficient (Wildman–Crippen LogP) is 4.83. The number of rotatable bonds is 4. The summed E-state index contributed by atoms with van der Waals surface area (Å²) in [6, 6.07) is 8.14. The van der Waals surface area contributed by atoms with Crippen molar-refractivity contribution in [3.8, 4) is 6.07 Å². The van der Waals surface area contributed by atoms with Crippen LogP contribution in [0.4, 0.5) is 13.2 Å². The maximum atomic E-state index is 12.6. The van der Waals surface area contributed by atoms with Crippen molar-refractivity contribution in [3.63, 3.8) is 0 Å². The summed E-state index contributed by atoms with van der Waals surface area (Å²) in [5.41, 5.74) is -0.952. The Morgan fingerprint density at radius 2 is 1.83 bits per heavy atom. The largest absolute Gasteiger partial charge is 0.416 e. The van der Waals surface area contributed by atoms with Gasteiger partial charge in [0.15, 0.2) is 4.91 Å². The summed E-state index contributed by atoms with van der Waals surface area (Å²) >= 11 is 2.80. The average molecular weight is 389 g/mol. The third-order valence-corrected chi connectivity index (χ3v) is 6.76. The van der Waals surface area contributed by atoms with E-state index >= 15 is 0 Å². The number of alkyl halides is 3. The molecule has 0 saturated carbocycles. The second kappa shape index (κ2) is 7.01. The highest BCUT2D eigenvalue weighted by Gasteiger charge is 2.31. The molecule has 0 fully saturated rings. The van der Waals surface area contributed by atoms with Gasteiger partial charge in [0.05, 0.1) is 14.7 Å². The molecule has 2 rings (SSSR count). The molecule has 1 heterocycles. The Labute approximate surface area is 145 Å². The van der Waals surface area contributed by atoms with Crippen molar-refractivity contribution in [2.45, 2.75) is 15.3 Å². The van der Waals surface area contributed by atoms with Gasteiger partial charge in [0.1, 0.15) is 6.07 Å². The Bertz CT molecular complexity index is 905. The first-order valence-electron chi connectivity index (χ1n) is 6.36. The van der Waals surface area contributed by atoms with Gasteiger partial charge in [-0.25, -0.2) is 8.42 Å². The molecule has 3 nitrogen and oxygen atoms in total. The summed E-state index contributed by atoms with van der Waals surface area (Å²) < 4.78 is 63.5. The molecule has 24 heavy (non-hydrogen) atoms. The van der Waals surface area contributed by atoms with E-state index in [2.05, 4.69) is 0 Å². The van der Waals surface area contributed by atoms with Gasteiger partial charge in [-0.1, -0.05) is 0 Å². The van der Waals surface area contributed by atoms with Crippen LogP contribution in [-0.2, 0) is 16.0 Å². The molecule has 0 N–H and O–H groups in total. The van der Waals surface area contributed by atoms with E-state index in [0.717, 1.165) is 16.3 Å². The highest BCUT2D eigenvalue weighted by atomic mass is 32.2. The van der Waals surface area contributed by atoms with Gasteiger partial charge in [-0.05, 0) is 48.7 Å².